The molecule has 0 bridgehead atoms. The Morgan fingerprint density at radius 2 is 2.00 bits per heavy atom. The highest BCUT2D eigenvalue weighted by Crippen LogP contribution is 2.22. The van der Waals surface area contributed by atoms with Crippen LogP contribution in [0, 0.1) is 0 Å². The largest absolute Gasteiger partial charge is 0.373 e. The summed E-state index contributed by atoms with van der Waals surface area (Å²) in [6.45, 7) is 2.26. The summed E-state index contributed by atoms with van der Waals surface area (Å²) < 4.78 is 0. The first-order chi connectivity index (χ1) is 5.86. The third-order valence-electron chi connectivity index (χ3n) is 2.37. The van der Waals surface area contributed by atoms with Gasteiger partial charge in [-0.2, -0.15) is 11.8 Å². The van der Waals surface area contributed by atoms with Crippen LogP contribution >= 0.6 is 11.8 Å². The van der Waals surface area contributed by atoms with Gasteiger partial charge in [0.15, 0.2) is 5.78 Å². The molecule has 0 aromatic heterocycles. The topological polar surface area (TPSA) is 20.3 Å². The van der Waals surface area contributed by atoms with E-state index in [1.54, 1.807) is 0 Å². The first kappa shape index (κ1) is 8.17. The molecule has 3 heteroatoms. The van der Waals surface area contributed by atoms with Crippen LogP contribution < -0.4 is 0 Å². The second-order valence-electron chi connectivity index (χ2n) is 3.20. The van der Waals surface area contributed by atoms with Gasteiger partial charge < -0.3 is 4.90 Å². The van der Waals surface area contributed by atoms with Crippen molar-refractivity contribution in [1.29, 1.82) is 0 Å². The van der Waals surface area contributed by atoms with E-state index < -0.39 is 0 Å². The van der Waals surface area contributed by atoms with E-state index in [-0.39, 0.29) is 0 Å². The molecule has 0 saturated carbocycles. The summed E-state index contributed by atoms with van der Waals surface area (Å²) in [5, 5.41) is 0. The monoisotopic (exact) mass is 183 g/mol. The van der Waals surface area contributed by atoms with Crippen molar-refractivity contribution < 1.29 is 4.79 Å². The van der Waals surface area contributed by atoms with Gasteiger partial charge in [0.05, 0.1) is 0 Å². The van der Waals surface area contributed by atoms with E-state index in [0.29, 0.717) is 5.78 Å². The Morgan fingerprint density at radius 3 is 2.58 bits per heavy atom. The van der Waals surface area contributed by atoms with Crippen molar-refractivity contribution in [1.82, 2.24) is 4.90 Å². The summed E-state index contributed by atoms with van der Waals surface area (Å²) >= 11 is 2.00. The van der Waals surface area contributed by atoms with Crippen LogP contribution in [0.25, 0.3) is 0 Å². The van der Waals surface area contributed by atoms with Crippen molar-refractivity contribution >= 4 is 17.5 Å². The third-order valence-corrected chi connectivity index (χ3v) is 3.31. The van der Waals surface area contributed by atoms with Crippen LogP contribution in [0.5, 0.6) is 0 Å². The predicted octanol–water partition coefficient (Wildman–Crippen LogP) is 1.28. The number of hydrogen-bond acceptors (Lipinski definition) is 3. The highest BCUT2D eigenvalue weighted by molar-refractivity contribution is 7.99. The lowest BCUT2D eigenvalue weighted by molar-refractivity contribution is -0.114. The molecule has 1 fully saturated rings. The molecule has 1 aliphatic carbocycles. The van der Waals surface area contributed by atoms with Gasteiger partial charge in [0.25, 0.3) is 0 Å². The predicted molar refractivity (Wildman–Crippen MR) is 51.2 cm³/mol. The highest BCUT2D eigenvalue weighted by Gasteiger charge is 2.19. The average Bonchev–Trinajstić information content (AvgIpc) is 2.54. The van der Waals surface area contributed by atoms with E-state index in [1.807, 2.05) is 17.8 Å². The number of rotatable bonds is 1. The molecule has 2 aliphatic rings. The van der Waals surface area contributed by atoms with E-state index in [9.17, 15) is 4.79 Å². The van der Waals surface area contributed by atoms with Crippen LogP contribution in [0.4, 0.5) is 0 Å². The van der Waals surface area contributed by atoms with Gasteiger partial charge >= 0.3 is 0 Å². The maximum atomic E-state index is 11.0. The Balaban J connectivity index is 1.99. The molecule has 2 rings (SSSR count). The number of carbonyl (C=O) groups is 1. The lowest BCUT2D eigenvalue weighted by atomic mass is 10.3. The molecule has 0 aromatic carbocycles. The molecule has 1 saturated heterocycles. The molecule has 0 unspecified atom stereocenters. The minimum absolute atomic E-state index is 0.309. The van der Waals surface area contributed by atoms with Crippen LogP contribution in [0.1, 0.15) is 12.8 Å². The zero-order valence-electron chi connectivity index (χ0n) is 7.08. The standard InChI is InChI=1S/C9H13NOS/c11-9-2-1-8(7-9)10-3-5-12-6-4-10/h7H,1-6H2. The third kappa shape index (κ3) is 1.66. The second-order valence-corrected chi connectivity index (χ2v) is 4.43. The van der Waals surface area contributed by atoms with Crippen molar-refractivity contribution in [3.8, 4) is 0 Å². The van der Waals surface area contributed by atoms with E-state index in [0.717, 1.165) is 25.9 Å². The Labute approximate surface area is 77.0 Å². The van der Waals surface area contributed by atoms with Crippen molar-refractivity contribution in [2.75, 3.05) is 24.6 Å². The Hall–Kier alpha value is -0.440. The van der Waals surface area contributed by atoms with E-state index >= 15 is 0 Å². The smallest absolute Gasteiger partial charge is 0.157 e. The number of ketones is 1. The zero-order valence-corrected chi connectivity index (χ0v) is 7.90. The summed E-state index contributed by atoms with van der Waals surface area (Å²) in [5.74, 6) is 2.74. The Bertz CT molecular complexity index is 219. The van der Waals surface area contributed by atoms with Gasteiger partial charge in [-0.1, -0.05) is 0 Å². The van der Waals surface area contributed by atoms with Crippen molar-refractivity contribution in [3.63, 3.8) is 0 Å². The van der Waals surface area contributed by atoms with E-state index in [4.69, 9.17) is 0 Å². The van der Waals surface area contributed by atoms with Crippen LogP contribution in [0.2, 0.25) is 0 Å². The van der Waals surface area contributed by atoms with Crippen LogP contribution in [-0.2, 0) is 4.79 Å². The van der Waals surface area contributed by atoms with Gasteiger partial charge in [0.1, 0.15) is 0 Å². The summed E-state index contributed by atoms with van der Waals surface area (Å²) in [6.07, 6.45) is 3.54. The van der Waals surface area contributed by atoms with Crippen molar-refractivity contribution in [2.45, 2.75) is 12.8 Å². The molecule has 0 N–H and O–H groups in total. The number of allylic oxidation sites excluding steroid dienone is 2. The van der Waals surface area contributed by atoms with Crippen molar-refractivity contribution in [3.05, 3.63) is 11.8 Å². The molecule has 0 spiro atoms. The molecule has 66 valence electrons. The van der Waals surface area contributed by atoms with Gasteiger partial charge in [-0.05, 0) is 6.42 Å². The molecule has 12 heavy (non-hydrogen) atoms. The minimum atomic E-state index is 0.309. The quantitative estimate of drug-likeness (QED) is 0.611. The van der Waals surface area contributed by atoms with Crippen molar-refractivity contribution in [2.24, 2.45) is 0 Å². The molecule has 2 nitrogen and oxygen atoms in total. The molecule has 0 atom stereocenters. The van der Waals surface area contributed by atoms with Gasteiger partial charge in [0, 0.05) is 42.8 Å². The number of hydrogen-bond donors (Lipinski definition) is 0. The summed E-state index contributed by atoms with van der Waals surface area (Å²) in [5.41, 5.74) is 1.28. The molecule has 1 aliphatic heterocycles. The lowest BCUT2D eigenvalue weighted by Crippen LogP contribution is -2.31. The van der Waals surface area contributed by atoms with Crippen LogP contribution in [0.15, 0.2) is 11.8 Å². The normalized spacial score (nSPS) is 24.5. The Kier molecular flexibility index (Phi) is 2.40. The lowest BCUT2D eigenvalue weighted by Gasteiger charge is -2.29. The molecule has 0 radical (unpaired) electrons. The average molecular weight is 183 g/mol. The van der Waals surface area contributed by atoms with Crippen LogP contribution in [-0.4, -0.2) is 35.3 Å². The molecule has 0 amide bonds. The van der Waals surface area contributed by atoms with Gasteiger partial charge in [-0.15, -0.1) is 0 Å². The maximum Gasteiger partial charge on any atom is 0.157 e. The van der Waals surface area contributed by atoms with Gasteiger partial charge in [-0.3, -0.25) is 4.79 Å². The van der Waals surface area contributed by atoms with Gasteiger partial charge in [-0.25, -0.2) is 0 Å². The summed E-state index contributed by atoms with van der Waals surface area (Å²) in [6, 6.07) is 0. The fourth-order valence-electron chi connectivity index (χ4n) is 1.68. The second kappa shape index (κ2) is 3.52. The summed E-state index contributed by atoms with van der Waals surface area (Å²) in [7, 11) is 0. The fraction of sp³-hybridized carbons (Fsp3) is 0.667. The fourth-order valence-corrected chi connectivity index (χ4v) is 2.58. The van der Waals surface area contributed by atoms with Crippen LogP contribution in [0.3, 0.4) is 0 Å². The van der Waals surface area contributed by atoms with E-state index in [1.165, 1.54) is 17.2 Å². The number of nitrogens with zero attached hydrogens (tertiary/aromatic N) is 1. The number of thioether (sulfide) groups is 1. The first-order valence-corrected chi connectivity index (χ1v) is 5.58. The van der Waals surface area contributed by atoms with Gasteiger partial charge in [0.2, 0.25) is 0 Å². The summed E-state index contributed by atoms with van der Waals surface area (Å²) in [4.78, 5) is 13.4. The SMILES string of the molecule is O=C1C=C(N2CCSCC2)CC1. The zero-order chi connectivity index (χ0) is 8.39. The maximum absolute atomic E-state index is 11.0. The first-order valence-electron chi connectivity index (χ1n) is 4.42. The number of carbonyl (C=O) groups excluding carboxylic acids is 1. The highest BCUT2D eigenvalue weighted by atomic mass is 32.2. The molecule has 1 heterocycles. The molecule has 0 aromatic rings. The molecular weight excluding hydrogens is 170 g/mol. The Morgan fingerprint density at radius 1 is 1.25 bits per heavy atom. The van der Waals surface area contributed by atoms with E-state index in [2.05, 4.69) is 4.90 Å². The molecular formula is C9H13NOS. The minimum Gasteiger partial charge on any atom is -0.373 e.